The number of hydrogen-bond acceptors (Lipinski definition) is 2. The van der Waals surface area contributed by atoms with E-state index in [-0.39, 0.29) is 11.2 Å². The molecule has 2 aromatic carbocycles. The van der Waals surface area contributed by atoms with Crippen molar-refractivity contribution in [2.45, 2.75) is 13.8 Å². The number of halogens is 1. The maximum absolute atomic E-state index is 13.1. The molecule has 0 radical (unpaired) electrons. The Morgan fingerprint density at radius 2 is 1.64 bits per heavy atom. The van der Waals surface area contributed by atoms with Gasteiger partial charge >= 0.3 is 5.69 Å². The predicted octanol–water partition coefficient (Wildman–Crippen LogP) is 3.97. The third-order valence-electron chi connectivity index (χ3n) is 5.19. The molecule has 2 heterocycles. The molecule has 28 heavy (non-hydrogen) atoms. The van der Waals surface area contributed by atoms with Crippen molar-refractivity contribution in [1.29, 1.82) is 0 Å². The smallest absolute Gasteiger partial charge is 0.313 e. The van der Waals surface area contributed by atoms with Crippen LogP contribution >= 0.6 is 11.6 Å². The molecule has 4 rings (SSSR count). The number of aromatic nitrogens is 3. The quantitative estimate of drug-likeness (QED) is 0.517. The van der Waals surface area contributed by atoms with Gasteiger partial charge in [0.1, 0.15) is 0 Å². The van der Waals surface area contributed by atoms with Crippen LogP contribution in [0.3, 0.4) is 0 Å². The van der Waals surface area contributed by atoms with Crippen LogP contribution in [0.15, 0.2) is 58.3 Å². The highest BCUT2D eigenvalue weighted by molar-refractivity contribution is 6.33. The number of nitrogens with zero attached hydrogens (tertiary/aromatic N) is 3. The Morgan fingerprint density at radius 3 is 2.36 bits per heavy atom. The van der Waals surface area contributed by atoms with Crippen molar-refractivity contribution in [2.24, 2.45) is 14.1 Å². The molecule has 5 nitrogen and oxygen atoms in total. The molecule has 0 spiro atoms. The van der Waals surface area contributed by atoms with E-state index in [1.54, 1.807) is 13.1 Å². The molecule has 6 heteroatoms. The first-order valence-corrected chi connectivity index (χ1v) is 9.32. The Balaban J connectivity index is 2.28. The van der Waals surface area contributed by atoms with Crippen LogP contribution in [-0.2, 0) is 14.1 Å². The van der Waals surface area contributed by atoms with Crippen LogP contribution in [0, 0.1) is 13.8 Å². The van der Waals surface area contributed by atoms with Crippen molar-refractivity contribution in [2.75, 3.05) is 0 Å². The van der Waals surface area contributed by atoms with Gasteiger partial charge in [-0.1, -0.05) is 41.9 Å². The van der Waals surface area contributed by atoms with E-state index in [4.69, 9.17) is 11.6 Å². The molecule has 0 aliphatic carbocycles. The summed E-state index contributed by atoms with van der Waals surface area (Å²) in [6, 6.07) is 13.6. The van der Waals surface area contributed by atoms with Crippen molar-refractivity contribution < 1.29 is 0 Å². The molecule has 0 unspecified atom stereocenters. The van der Waals surface area contributed by atoms with Gasteiger partial charge in [-0.15, -0.1) is 0 Å². The molecule has 0 atom stereocenters. The van der Waals surface area contributed by atoms with E-state index < -0.39 is 0 Å². The van der Waals surface area contributed by atoms with E-state index in [0.29, 0.717) is 21.6 Å². The van der Waals surface area contributed by atoms with Crippen LogP contribution in [0.25, 0.3) is 27.8 Å². The largest absolute Gasteiger partial charge is 0.330 e. The highest BCUT2D eigenvalue weighted by atomic mass is 35.5. The number of hydrogen-bond donors (Lipinski definition) is 0. The fraction of sp³-hybridized carbons (Fsp3) is 0.182. The lowest BCUT2D eigenvalue weighted by Gasteiger charge is -2.14. The third kappa shape index (κ3) is 2.62. The minimum Gasteiger partial charge on any atom is -0.313 e. The normalized spacial score (nSPS) is 11.3. The predicted molar refractivity (Wildman–Crippen MR) is 114 cm³/mol. The average molecular weight is 394 g/mol. The fourth-order valence-corrected chi connectivity index (χ4v) is 3.85. The Morgan fingerprint density at radius 1 is 0.929 bits per heavy atom. The SMILES string of the molecule is Cc1ccc(C)c(-n2cc3c(c2-c2ccccc2Cl)c(=O)n(C)c(=O)n3C)c1. The first-order chi connectivity index (χ1) is 13.3. The lowest BCUT2D eigenvalue weighted by molar-refractivity contribution is 0.714. The second-order valence-electron chi connectivity index (χ2n) is 7.08. The van der Waals surface area contributed by atoms with Gasteiger partial charge in [-0.25, -0.2) is 4.79 Å². The second kappa shape index (κ2) is 6.53. The molecule has 0 amide bonds. The summed E-state index contributed by atoms with van der Waals surface area (Å²) in [5.41, 5.74) is 4.41. The van der Waals surface area contributed by atoms with Crippen LogP contribution in [0.1, 0.15) is 11.1 Å². The fourth-order valence-electron chi connectivity index (χ4n) is 3.63. The Hall–Kier alpha value is -3.05. The standard InChI is InChI=1S/C22H20ClN3O2/c1-13-9-10-14(2)17(11-13)26-12-18-19(21(27)25(4)22(28)24(18)3)20(26)15-7-5-6-8-16(15)23/h5-12H,1-4H3. The molecule has 2 aromatic heterocycles. The molecule has 4 aromatic rings. The minimum atomic E-state index is -0.360. The zero-order valence-corrected chi connectivity index (χ0v) is 16.9. The molecule has 0 bridgehead atoms. The lowest BCUT2D eigenvalue weighted by Crippen LogP contribution is -2.36. The molecule has 142 valence electrons. The van der Waals surface area contributed by atoms with Crippen molar-refractivity contribution >= 4 is 22.5 Å². The topological polar surface area (TPSA) is 48.9 Å². The van der Waals surface area contributed by atoms with Crippen LogP contribution in [0.5, 0.6) is 0 Å². The lowest BCUT2D eigenvalue weighted by atomic mass is 10.1. The van der Waals surface area contributed by atoms with Gasteiger partial charge in [0.2, 0.25) is 0 Å². The number of benzene rings is 2. The van der Waals surface area contributed by atoms with Gasteiger partial charge < -0.3 is 4.57 Å². The average Bonchev–Trinajstić information content (AvgIpc) is 3.07. The van der Waals surface area contributed by atoms with E-state index in [1.165, 1.54) is 11.6 Å². The number of aryl methyl sites for hydroxylation is 3. The number of rotatable bonds is 2. The van der Waals surface area contributed by atoms with Gasteiger partial charge in [0.15, 0.2) is 0 Å². The summed E-state index contributed by atoms with van der Waals surface area (Å²) in [6.07, 6.45) is 1.85. The van der Waals surface area contributed by atoms with Gasteiger partial charge in [0.25, 0.3) is 5.56 Å². The van der Waals surface area contributed by atoms with Gasteiger partial charge in [-0.2, -0.15) is 0 Å². The van der Waals surface area contributed by atoms with E-state index in [1.807, 2.05) is 54.9 Å². The highest BCUT2D eigenvalue weighted by Gasteiger charge is 2.22. The van der Waals surface area contributed by atoms with Crippen LogP contribution < -0.4 is 11.2 Å². The molecule has 0 N–H and O–H groups in total. The van der Waals surface area contributed by atoms with Crippen molar-refractivity contribution in [1.82, 2.24) is 13.7 Å². The van der Waals surface area contributed by atoms with E-state index in [2.05, 4.69) is 6.07 Å². The summed E-state index contributed by atoms with van der Waals surface area (Å²) in [6.45, 7) is 4.04. The molecule has 0 saturated carbocycles. The van der Waals surface area contributed by atoms with Crippen molar-refractivity contribution in [3.05, 3.63) is 85.6 Å². The van der Waals surface area contributed by atoms with Gasteiger partial charge in [0.05, 0.1) is 16.6 Å². The van der Waals surface area contributed by atoms with Crippen LogP contribution in [0.2, 0.25) is 5.02 Å². The van der Waals surface area contributed by atoms with Crippen LogP contribution in [-0.4, -0.2) is 13.7 Å². The zero-order valence-electron chi connectivity index (χ0n) is 16.2. The Bertz CT molecular complexity index is 1360. The maximum Gasteiger partial charge on any atom is 0.330 e. The van der Waals surface area contributed by atoms with Gasteiger partial charge in [0, 0.05) is 36.6 Å². The molecule has 0 aliphatic rings. The zero-order chi connectivity index (χ0) is 20.2. The molecule has 0 saturated heterocycles. The van der Waals surface area contributed by atoms with Crippen LogP contribution in [0.4, 0.5) is 0 Å². The summed E-state index contributed by atoms with van der Waals surface area (Å²) < 4.78 is 4.60. The molecule has 0 fully saturated rings. The third-order valence-corrected chi connectivity index (χ3v) is 5.52. The first kappa shape index (κ1) is 18.3. The molecular weight excluding hydrogens is 374 g/mol. The van der Waals surface area contributed by atoms with Gasteiger partial charge in [-0.3, -0.25) is 13.9 Å². The van der Waals surface area contributed by atoms with E-state index in [0.717, 1.165) is 26.9 Å². The summed E-state index contributed by atoms with van der Waals surface area (Å²) in [5, 5.41) is 1.02. The minimum absolute atomic E-state index is 0.336. The Labute approximate surface area is 167 Å². The van der Waals surface area contributed by atoms with Crippen molar-refractivity contribution in [3.63, 3.8) is 0 Å². The highest BCUT2D eigenvalue weighted by Crippen LogP contribution is 2.35. The van der Waals surface area contributed by atoms with Crippen molar-refractivity contribution in [3.8, 4) is 16.9 Å². The Kier molecular flexibility index (Phi) is 4.27. The van der Waals surface area contributed by atoms with E-state index in [9.17, 15) is 9.59 Å². The summed E-state index contributed by atoms with van der Waals surface area (Å²) in [4.78, 5) is 25.6. The molecule has 0 aliphatic heterocycles. The van der Waals surface area contributed by atoms with Gasteiger partial charge in [-0.05, 0) is 37.1 Å². The molecular formula is C22H20ClN3O2. The first-order valence-electron chi connectivity index (χ1n) is 8.95. The van der Waals surface area contributed by atoms with E-state index >= 15 is 0 Å². The summed E-state index contributed by atoms with van der Waals surface area (Å²) in [5.74, 6) is 0. The summed E-state index contributed by atoms with van der Waals surface area (Å²) in [7, 11) is 3.17. The monoisotopic (exact) mass is 393 g/mol. The number of fused-ring (bicyclic) bond motifs is 1. The second-order valence-corrected chi connectivity index (χ2v) is 7.49. The summed E-state index contributed by atoms with van der Waals surface area (Å²) >= 11 is 6.52. The maximum atomic E-state index is 13.1.